The molecule has 0 radical (unpaired) electrons. The Hall–Kier alpha value is -1.35. The monoisotopic (exact) mass is 301 g/mol. The molecule has 1 aromatic rings. The van der Waals surface area contributed by atoms with E-state index in [2.05, 4.69) is 24.3 Å². The standard InChI is InChI=1S/C19H27NO2/c1-14(21)15-9-11-20(12-10-15)19(22)13-17-7-4-6-16-5-2-3-8-18(16)17/h2-3,5,8,14-15,17,21H,4,6-7,9-13H2,1H3. The molecule has 1 N–H and O–H groups in total. The molecule has 120 valence electrons. The summed E-state index contributed by atoms with van der Waals surface area (Å²) < 4.78 is 0. The van der Waals surface area contributed by atoms with Gasteiger partial charge in [0.05, 0.1) is 6.10 Å². The Morgan fingerprint density at radius 2 is 2.00 bits per heavy atom. The lowest BCUT2D eigenvalue weighted by Gasteiger charge is -2.34. The quantitative estimate of drug-likeness (QED) is 0.932. The molecular weight excluding hydrogens is 274 g/mol. The van der Waals surface area contributed by atoms with Gasteiger partial charge in [-0.3, -0.25) is 4.79 Å². The maximum absolute atomic E-state index is 12.6. The Kier molecular flexibility index (Phi) is 4.82. The van der Waals surface area contributed by atoms with Crippen molar-refractivity contribution in [3.63, 3.8) is 0 Å². The molecule has 1 aliphatic heterocycles. The van der Waals surface area contributed by atoms with E-state index >= 15 is 0 Å². The normalized spacial score (nSPS) is 23.9. The molecular formula is C19H27NO2. The molecule has 3 heteroatoms. The number of hydrogen-bond acceptors (Lipinski definition) is 2. The predicted molar refractivity (Wildman–Crippen MR) is 87.7 cm³/mol. The van der Waals surface area contributed by atoms with Crippen LogP contribution in [0.1, 0.15) is 56.1 Å². The van der Waals surface area contributed by atoms with Crippen molar-refractivity contribution >= 4 is 5.91 Å². The Balaban J connectivity index is 1.59. The number of carbonyl (C=O) groups is 1. The van der Waals surface area contributed by atoms with Crippen LogP contribution in [-0.2, 0) is 11.2 Å². The van der Waals surface area contributed by atoms with Crippen LogP contribution in [0.2, 0.25) is 0 Å². The van der Waals surface area contributed by atoms with Gasteiger partial charge in [0, 0.05) is 19.5 Å². The molecule has 2 unspecified atom stereocenters. The number of likely N-dealkylation sites (tertiary alicyclic amines) is 1. The first-order valence-corrected chi connectivity index (χ1v) is 8.69. The molecule has 1 aromatic carbocycles. The molecule has 0 spiro atoms. The lowest BCUT2D eigenvalue weighted by atomic mass is 9.80. The summed E-state index contributed by atoms with van der Waals surface area (Å²) in [6, 6.07) is 8.60. The number of piperidine rings is 1. The molecule has 22 heavy (non-hydrogen) atoms. The van der Waals surface area contributed by atoms with Crippen molar-refractivity contribution in [2.24, 2.45) is 5.92 Å². The van der Waals surface area contributed by atoms with Crippen LogP contribution in [0, 0.1) is 5.92 Å². The van der Waals surface area contributed by atoms with E-state index in [1.807, 2.05) is 11.8 Å². The van der Waals surface area contributed by atoms with E-state index in [1.54, 1.807) is 0 Å². The fraction of sp³-hybridized carbons (Fsp3) is 0.632. The highest BCUT2D eigenvalue weighted by Gasteiger charge is 2.28. The van der Waals surface area contributed by atoms with Gasteiger partial charge < -0.3 is 10.0 Å². The van der Waals surface area contributed by atoms with Gasteiger partial charge in [0.15, 0.2) is 0 Å². The van der Waals surface area contributed by atoms with Crippen molar-refractivity contribution in [1.82, 2.24) is 4.90 Å². The number of rotatable bonds is 3. The van der Waals surface area contributed by atoms with Crippen molar-refractivity contribution in [2.75, 3.05) is 13.1 Å². The van der Waals surface area contributed by atoms with E-state index in [0.29, 0.717) is 24.2 Å². The summed E-state index contributed by atoms with van der Waals surface area (Å²) in [6.07, 6.45) is 5.75. The van der Waals surface area contributed by atoms with Crippen LogP contribution in [0.4, 0.5) is 0 Å². The molecule has 3 nitrogen and oxygen atoms in total. The van der Waals surface area contributed by atoms with Gasteiger partial charge in [-0.15, -0.1) is 0 Å². The van der Waals surface area contributed by atoms with Crippen molar-refractivity contribution in [1.29, 1.82) is 0 Å². The molecule has 0 aromatic heterocycles. The number of aliphatic hydroxyl groups excluding tert-OH is 1. The predicted octanol–water partition coefficient (Wildman–Crippen LogP) is 3.12. The number of hydrogen-bond donors (Lipinski definition) is 1. The van der Waals surface area contributed by atoms with Crippen LogP contribution in [0.25, 0.3) is 0 Å². The second kappa shape index (κ2) is 6.82. The molecule has 2 aliphatic rings. The molecule has 1 heterocycles. The molecule has 1 saturated heterocycles. The van der Waals surface area contributed by atoms with Crippen LogP contribution in [-0.4, -0.2) is 35.1 Å². The van der Waals surface area contributed by atoms with Crippen LogP contribution >= 0.6 is 0 Å². The average molecular weight is 301 g/mol. The number of benzene rings is 1. The van der Waals surface area contributed by atoms with E-state index in [0.717, 1.165) is 38.8 Å². The first-order chi connectivity index (χ1) is 10.6. The first-order valence-electron chi connectivity index (χ1n) is 8.69. The third kappa shape index (κ3) is 3.35. The minimum absolute atomic E-state index is 0.248. The second-order valence-corrected chi connectivity index (χ2v) is 6.95. The van der Waals surface area contributed by atoms with Gasteiger partial charge in [0.25, 0.3) is 0 Å². The maximum atomic E-state index is 12.6. The largest absolute Gasteiger partial charge is 0.393 e. The summed E-state index contributed by atoms with van der Waals surface area (Å²) in [5.74, 6) is 1.05. The van der Waals surface area contributed by atoms with E-state index in [9.17, 15) is 9.90 Å². The fourth-order valence-corrected chi connectivity index (χ4v) is 4.04. The summed E-state index contributed by atoms with van der Waals surface area (Å²) in [5, 5.41) is 9.67. The van der Waals surface area contributed by atoms with Gasteiger partial charge in [0.1, 0.15) is 0 Å². The minimum atomic E-state index is -0.248. The van der Waals surface area contributed by atoms with Gasteiger partial charge in [-0.05, 0) is 62.0 Å². The number of carbonyl (C=O) groups excluding carboxylic acids is 1. The summed E-state index contributed by atoms with van der Waals surface area (Å²) in [6.45, 7) is 3.48. The summed E-state index contributed by atoms with van der Waals surface area (Å²) in [4.78, 5) is 14.6. The molecule has 1 amide bonds. The smallest absolute Gasteiger partial charge is 0.223 e. The number of amides is 1. The zero-order valence-electron chi connectivity index (χ0n) is 13.5. The van der Waals surface area contributed by atoms with Gasteiger partial charge in [0.2, 0.25) is 5.91 Å². The number of fused-ring (bicyclic) bond motifs is 1. The van der Waals surface area contributed by atoms with E-state index in [4.69, 9.17) is 0 Å². The maximum Gasteiger partial charge on any atom is 0.223 e. The van der Waals surface area contributed by atoms with E-state index in [1.165, 1.54) is 17.5 Å². The van der Waals surface area contributed by atoms with E-state index in [-0.39, 0.29) is 6.10 Å². The molecule has 0 bridgehead atoms. The first kappa shape index (κ1) is 15.5. The molecule has 1 aliphatic carbocycles. The van der Waals surface area contributed by atoms with E-state index < -0.39 is 0 Å². The van der Waals surface area contributed by atoms with Crippen molar-refractivity contribution in [3.8, 4) is 0 Å². The molecule has 1 fully saturated rings. The van der Waals surface area contributed by atoms with Gasteiger partial charge >= 0.3 is 0 Å². The molecule has 2 atom stereocenters. The third-order valence-electron chi connectivity index (χ3n) is 5.49. The van der Waals surface area contributed by atoms with Gasteiger partial charge in [-0.2, -0.15) is 0 Å². The zero-order chi connectivity index (χ0) is 15.5. The molecule has 0 saturated carbocycles. The lowest BCUT2D eigenvalue weighted by Crippen LogP contribution is -2.41. The summed E-state index contributed by atoms with van der Waals surface area (Å²) in [5.41, 5.74) is 2.82. The van der Waals surface area contributed by atoms with Gasteiger partial charge in [-0.25, -0.2) is 0 Å². The SMILES string of the molecule is CC(O)C1CCN(C(=O)CC2CCCc3ccccc32)CC1. The van der Waals surface area contributed by atoms with Crippen LogP contribution in [0.5, 0.6) is 0 Å². The zero-order valence-corrected chi connectivity index (χ0v) is 13.5. The van der Waals surface area contributed by atoms with Gasteiger partial charge in [-0.1, -0.05) is 24.3 Å². The number of aryl methyl sites for hydroxylation is 1. The topological polar surface area (TPSA) is 40.5 Å². The number of aliphatic hydroxyl groups is 1. The fourth-order valence-electron chi connectivity index (χ4n) is 4.04. The Morgan fingerprint density at radius 1 is 1.27 bits per heavy atom. The summed E-state index contributed by atoms with van der Waals surface area (Å²) >= 11 is 0. The van der Waals surface area contributed by atoms with Crippen LogP contribution in [0.15, 0.2) is 24.3 Å². The molecule has 3 rings (SSSR count). The average Bonchev–Trinajstić information content (AvgIpc) is 2.55. The highest BCUT2D eigenvalue weighted by molar-refractivity contribution is 5.77. The minimum Gasteiger partial charge on any atom is -0.393 e. The van der Waals surface area contributed by atoms with Crippen LogP contribution < -0.4 is 0 Å². The summed E-state index contributed by atoms with van der Waals surface area (Å²) in [7, 11) is 0. The second-order valence-electron chi connectivity index (χ2n) is 6.95. The van der Waals surface area contributed by atoms with Crippen molar-refractivity contribution < 1.29 is 9.90 Å². The van der Waals surface area contributed by atoms with Crippen molar-refractivity contribution in [2.45, 2.75) is 57.5 Å². The number of nitrogens with zero attached hydrogens (tertiary/aromatic N) is 1. The Bertz CT molecular complexity index is 518. The van der Waals surface area contributed by atoms with Crippen molar-refractivity contribution in [3.05, 3.63) is 35.4 Å². The highest BCUT2D eigenvalue weighted by Crippen LogP contribution is 2.34. The Labute approximate surface area is 133 Å². The Morgan fingerprint density at radius 3 is 2.73 bits per heavy atom. The third-order valence-corrected chi connectivity index (χ3v) is 5.49. The lowest BCUT2D eigenvalue weighted by molar-refractivity contribution is -0.133. The van der Waals surface area contributed by atoms with Crippen LogP contribution in [0.3, 0.4) is 0 Å². The highest BCUT2D eigenvalue weighted by atomic mass is 16.3.